The average molecular weight is 302 g/mol. The van der Waals surface area contributed by atoms with E-state index >= 15 is 0 Å². The SMILES string of the molecule is Oc1ccc(NCc2nnc(-c3ccc(Cl)cc3)o2)cc1. The van der Waals surface area contributed by atoms with Crippen molar-refractivity contribution in [3.8, 4) is 17.2 Å². The normalized spacial score (nSPS) is 10.5. The molecule has 0 aliphatic carbocycles. The Labute approximate surface area is 126 Å². The zero-order chi connectivity index (χ0) is 14.7. The van der Waals surface area contributed by atoms with Gasteiger partial charge in [0, 0.05) is 16.3 Å². The fourth-order valence-corrected chi connectivity index (χ4v) is 1.92. The van der Waals surface area contributed by atoms with Crippen molar-refractivity contribution in [1.82, 2.24) is 10.2 Å². The zero-order valence-corrected chi connectivity index (χ0v) is 11.7. The standard InChI is InChI=1S/C15H12ClN3O2/c16-11-3-1-10(2-4-11)15-19-18-14(21-15)9-17-12-5-7-13(20)8-6-12/h1-8,17,20H,9H2. The van der Waals surface area contributed by atoms with Gasteiger partial charge < -0.3 is 14.8 Å². The molecule has 1 heterocycles. The van der Waals surface area contributed by atoms with Crippen LogP contribution in [0.1, 0.15) is 5.89 Å². The van der Waals surface area contributed by atoms with Gasteiger partial charge in [0.2, 0.25) is 11.8 Å². The number of phenols is 1. The second-order valence-electron chi connectivity index (χ2n) is 4.41. The zero-order valence-electron chi connectivity index (χ0n) is 11.0. The predicted octanol–water partition coefficient (Wildman–Crippen LogP) is 3.71. The van der Waals surface area contributed by atoms with Crippen molar-refractivity contribution in [3.63, 3.8) is 0 Å². The lowest BCUT2D eigenvalue weighted by molar-refractivity contribution is 0.475. The van der Waals surface area contributed by atoms with Crippen LogP contribution in [-0.2, 0) is 6.54 Å². The molecular weight excluding hydrogens is 290 g/mol. The lowest BCUT2D eigenvalue weighted by atomic mass is 10.2. The molecule has 5 nitrogen and oxygen atoms in total. The molecule has 3 rings (SSSR count). The molecule has 6 heteroatoms. The topological polar surface area (TPSA) is 71.2 Å². The maximum absolute atomic E-state index is 9.21. The summed E-state index contributed by atoms with van der Waals surface area (Å²) in [7, 11) is 0. The van der Waals surface area contributed by atoms with Crippen molar-refractivity contribution < 1.29 is 9.52 Å². The van der Waals surface area contributed by atoms with Crippen LogP contribution in [0.2, 0.25) is 5.02 Å². The van der Waals surface area contributed by atoms with Crippen molar-refractivity contribution in [1.29, 1.82) is 0 Å². The number of rotatable bonds is 4. The molecule has 0 radical (unpaired) electrons. The van der Waals surface area contributed by atoms with Gasteiger partial charge in [-0.25, -0.2) is 0 Å². The largest absolute Gasteiger partial charge is 0.508 e. The molecule has 0 bridgehead atoms. The van der Waals surface area contributed by atoms with Gasteiger partial charge in [0.25, 0.3) is 0 Å². The number of hydrogen-bond donors (Lipinski definition) is 2. The number of hydrogen-bond acceptors (Lipinski definition) is 5. The fourth-order valence-electron chi connectivity index (χ4n) is 1.79. The number of aromatic hydroxyl groups is 1. The van der Waals surface area contributed by atoms with Crippen LogP contribution in [0.3, 0.4) is 0 Å². The smallest absolute Gasteiger partial charge is 0.247 e. The second kappa shape index (κ2) is 5.85. The maximum atomic E-state index is 9.21. The molecule has 0 fully saturated rings. The van der Waals surface area contributed by atoms with Crippen LogP contribution in [0.15, 0.2) is 52.9 Å². The van der Waals surface area contributed by atoms with Crippen LogP contribution in [0.5, 0.6) is 5.75 Å². The molecule has 0 aliphatic heterocycles. The number of aromatic nitrogens is 2. The molecule has 0 saturated carbocycles. The van der Waals surface area contributed by atoms with Crippen molar-refractivity contribution in [2.75, 3.05) is 5.32 Å². The van der Waals surface area contributed by atoms with E-state index in [4.69, 9.17) is 16.0 Å². The molecule has 0 spiro atoms. The van der Waals surface area contributed by atoms with E-state index < -0.39 is 0 Å². The van der Waals surface area contributed by atoms with Gasteiger partial charge in [-0.1, -0.05) is 11.6 Å². The molecule has 3 aromatic rings. The molecule has 2 N–H and O–H groups in total. The molecule has 0 amide bonds. The summed E-state index contributed by atoms with van der Waals surface area (Å²) < 4.78 is 5.58. The number of nitrogens with one attached hydrogen (secondary N) is 1. The summed E-state index contributed by atoms with van der Waals surface area (Å²) in [6, 6.07) is 14.0. The van der Waals surface area contributed by atoms with Gasteiger partial charge in [0.05, 0.1) is 6.54 Å². The third-order valence-corrected chi connectivity index (χ3v) is 3.12. The summed E-state index contributed by atoms with van der Waals surface area (Å²) >= 11 is 5.84. The monoisotopic (exact) mass is 301 g/mol. The van der Waals surface area contributed by atoms with E-state index in [-0.39, 0.29) is 5.75 Å². The van der Waals surface area contributed by atoms with Gasteiger partial charge in [0.15, 0.2) is 0 Å². The summed E-state index contributed by atoms with van der Waals surface area (Å²) in [4.78, 5) is 0. The number of benzene rings is 2. The molecule has 0 saturated heterocycles. The predicted molar refractivity (Wildman–Crippen MR) is 80.2 cm³/mol. The van der Waals surface area contributed by atoms with E-state index in [0.717, 1.165) is 11.3 Å². The van der Waals surface area contributed by atoms with Crippen LogP contribution < -0.4 is 5.32 Å². The van der Waals surface area contributed by atoms with Crippen molar-refractivity contribution >= 4 is 17.3 Å². The Morgan fingerprint density at radius 3 is 2.43 bits per heavy atom. The molecule has 0 unspecified atom stereocenters. The summed E-state index contributed by atoms with van der Waals surface area (Å²) in [5.74, 6) is 1.16. The van der Waals surface area contributed by atoms with Gasteiger partial charge in [0.1, 0.15) is 5.75 Å². The molecular formula is C15H12ClN3O2. The first-order valence-electron chi connectivity index (χ1n) is 6.32. The van der Waals surface area contributed by atoms with Crippen LogP contribution in [0.4, 0.5) is 5.69 Å². The number of halogens is 1. The highest BCUT2D eigenvalue weighted by Gasteiger charge is 2.08. The van der Waals surface area contributed by atoms with Crippen molar-refractivity contribution in [2.24, 2.45) is 0 Å². The molecule has 2 aromatic carbocycles. The van der Waals surface area contributed by atoms with E-state index in [9.17, 15) is 5.11 Å². The van der Waals surface area contributed by atoms with Crippen LogP contribution in [0.25, 0.3) is 11.5 Å². The Morgan fingerprint density at radius 1 is 1.00 bits per heavy atom. The van der Waals surface area contributed by atoms with Gasteiger partial charge in [-0.2, -0.15) is 0 Å². The van der Waals surface area contributed by atoms with E-state index in [0.29, 0.717) is 23.3 Å². The van der Waals surface area contributed by atoms with E-state index in [2.05, 4.69) is 15.5 Å². The first-order valence-corrected chi connectivity index (χ1v) is 6.70. The van der Waals surface area contributed by atoms with E-state index in [1.165, 1.54) is 0 Å². The summed E-state index contributed by atoms with van der Waals surface area (Å²) in [6.45, 7) is 0.408. The number of phenolic OH excluding ortho intramolecular Hbond substituents is 1. The molecule has 1 aromatic heterocycles. The highest BCUT2D eigenvalue weighted by molar-refractivity contribution is 6.30. The minimum Gasteiger partial charge on any atom is -0.508 e. The minimum absolute atomic E-state index is 0.225. The summed E-state index contributed by atoms with van der Waals surface area (Å²) in [5.41, 5.74) is 1.68. The Kier molecular flexibility index (Phi) is 3.75. The van der Waals surface area contributed by atoms with Crippen LogP contribution in [-0.4, -0.2) is 15.3 Å². The lowest BCUT2D eigenvalue weighted by Crippen LogP contribution is -1.99. The summed E-state index contributed by atoms with van der Waals surface area (Å²) in [5, 5.41) is 21.0. The van der Waals surface area contributed by atoms with Crippen molar-refractivity contribution in [2.45, 2.75) is 6.54 Å². The first-order chi connectivity index (χ1) is 10.2. The van der Waals surface area contributed by atoms with Gasteiger partial charge in [-0.3, -0.25) is 0 Å². The molecule has 0 atom stereocenters. The quantitative estimate of drug-likeness (QED) is 0.719. The average Bonchev–Trinajstić information content (AvgIpc) is 2.96. The highest BCUT2D eigenvalue weighted by Crippen LogP contribution is 2.21. The van der Waals surface area contributed by atoms with Crippen LogP contribution in [0, 0.1) is 0 Å². The van der Waals surface area contributed by atoms with Gasteiger partial charge >= 0.3 is 0 Å². The minimum atomic E-state index is 0.225. The molecule has 21 heavy (non-hydrogen) atoms. The lowest BCUT2D eigenvalue weighted by Gasteiger charge is -2.02. The van der Waals surface area contributed by atoms with Crippen LogP contribution >= 0.6 is 11.6 Å². The Balaban J connectivity index is 1.67. The highest BCUT2D eigenvalue weighted by atomic mass is 35.5. The van der Waals surface area contributed by atoms with Gasteiger partial charge in [-0.15, -0.1) is 10.2 Å². The third-order valence-electron chi connectivity index (χ3n) is 2.87. The molecule has 0 aliphatic rings. The Morgan fingerprint density at radius 2 is 1.71 bits per heavy atom. The third kappa shape index (κ3) is 3.32. The van der Waals surface area contributed by atoms with E-state index in [1.807, 2.05) is 12.1 Å². The Hall–Kier alpha value is -2.53. The second-order valence-corrected chi connectivity index (χ2v) is 4.84. The fraction of sp³-hybridized carbons (Fsp3) is 0.0667. The first kappa shape index (κ1) is 13.5. The number of nitrogens with zero attached hydrogens (tertiary/aromatic N) is 2. The maximum Gasteiger partial charge on any atom is 0.247 e. The van der Waals surface area contributed by atoms with Gasteiger partial charge in [-0.05, 0) is 48.5 Å². The summed E-state index contributed by atoms with van der Waals surface area (Å²) in [6.07, 6.45) is 0. The molecule has 106 valence electrons. The van der Waals surface area contributed by atoms with Crippen molar-refractivity contribution in [3.05, 3.63) is 59.4 Å². The number of anilines is 1. The Bertz CT molecular complexity index is 723. The van der Waals surface area contributed by atoms with E-state index in [1.54, 1.807) is 36.4 Å².